The van der Waals surface area contributed by atoms with Crippen LogP contribution in [0.25, 0.3) is 0 Å². The second-order valence-electron chi connectivity index (χ2n) is 9.56. The molecule has 4 bridgehead atoms. The summed E-state index contributed by atoms with van der Waals surface area (Å²) in [5.74, 6) is 1.25. The van der Waals surface area contributed by atoms with Crippen molar-refractivity contribution in [2.24, 2.45) is 27.9 Å². The second-order valence-corrected chi connectivity index (χ2v) is 9.56. The van der Waals surface area contributed by atoms with Crippen molar-refractivity contribution in [3.05, 3.63) is 0 Å². The fourth-order valence-corrected chi connectivity index (χ4v) is 7.22. The lowest BCUT2D eigenvalue weighted by Crippen LogP contribution is -2.61. The highest BCUT2D eigenvalue weighted by atomic mass is 16.2. The normalized spacial score (nSPS) is 52.2. The van der Waals surface area contributed by atoms with E-state index in [-0.39, 0.29) is 11.5 Å². The number of nitrogens with zero attached hydrogens (tertiary/aromatic N) is 1. The molecule has 118 valence electrons. The van der Waals surface area contributed by atoms with E-state index in [2.05, 4.69) is 18.7 Å². The van der Waals surface area contributed by atoms with Gasteiger partial charge >= 0.3 is 0 Å². The maximum absolute atomic E-state index is 13.4. The van der Waals surface area contributed by atoms with E-state index in [1.165, 1.54) is 19.3 Å². The van der Waals surface area contributed by atoms with Crippen molar-refractivity contribution in [3.63, 3.8) is 0 Å². The number of carbonyl (C=O) groups excluding carboxylic acids is 1. The van der Waals surface area contributed by atoms with Gasteiger partial charge < -0.3 is 10.6 Å². The molecule has 5 fully saturated rings. The fraction of sp³-hybridized carbons (Fsp3) is 0.944. The molecule has 1 aliphatic heterocycles. The van der Waals surface area contributed by atoms with Crippen LogP contribution in [0.5, 0.6) is 0 Å². The predicted molar refractivity (Wildman–Crippen MR) is 83.6 cm³/mol. The molecule has 1 saturated heterocycles. The summed E-state index contributed by atoms with van der Waals surface area (Å²) in [6.45, 7) is 6.62. The maximum Gasteiger partial charge on any atom is 0.228 e. The smallest absolute Gasteiger partial charge is 0.228 e. The van der Waals surface area contributed by atoms with Crippen LogP contribution in [-0.2, 0) is 4.79 Å². The van der Waals surface area contributed by atoms with Gasteiger partial charge in [0, 0.05) is 19.1 Å². The highest BCUT2D eigenvalue weighted by molar-refractivity contribution is 5.83. The van der Waals surface area contributed by atoms with E-state index in [1.807, 2.05) is 0 Å². The van der Waals surface area contributed by atoms with Crippen molar-refractivity contribution in [1.82, 2.24) is 4.90 Å². The van der Waals surface area contributed by atoms with Gasteiger partial charge in [0.15, 0.2) is 0 Å². The SMILES string of the molecule is CC12CC3CC(C)(C1)CC(C(=O)N1CCC[C@@H](N)C1)(C3)C2. The van der Waals surface area contributed by atoms with Crippen LogP contribution in [0.2, 0.25) is 0 Å². The number of nitrogens with two attached hydrogens (primary N) is 1. The van der Waals surface area contributed by atoms with Gasteiger partial charge in [0.2, 0.25) is 5.91 Å². The van der Waals surface area contributed by atoms with Gasteiger partial charge in [0.05, 0.1) is 5.41 Å². The monoisotopic (exact) mass is 290 g/mol. The standard InChI is InChI=1S/C18H30N2O/c1-16-6-13-7-17(2,10-16)12-18(8-13,11-16)15(21)20-5-3-4-14(19)9-20/h13-14H,3-12,19H2,1-2H3/t13?,14-,16?,17?,18?/m1/s1. The number of amides is 1. The van der Waals surface area contributed by atoms with Crippen molar-refractivity contribution in [3.8, 4) is 0 Å². The van der Waals surface area contributed by atoms with E-state index in [0.29, 0.717) is 16.7 Å². The van der Waals surface area contributed by atoms with Crippen molar-refractivity contribution >= 4 is 5.91 Å². The summed E-state index contributed by atoms with van der Waals surface area (Å²) >= 11 is 0. The number of likely N-dealkylation sites (tertiary alicyclic amines) is 1. The summed E-state index contributed by atoms with van der Waals surface area (Å²) in [5.41, 5.74) is 6.91. The van der Waals surface area contributed by atoms with Gasteiger partial charge in [-0.3, -0.25) is 4.79 Å². The zero-order chi connectivity index (χ0) is 14.9. The average Bonchev–Trinajstić information content (AvgIpc) is 2.33. The van der Waals surface area contributed by atoms with Gasteiger partial charge in [-0.1, -0.05) is 13.8 Å². The van der Waals surface area contributed by atoms with Crippen LogP contribution < -0.4 is 5.73 Å². The molecule has 21 heavy (non-hydrogen) atoms. The summed E-state index contributed by atoms with van der Waals surface area (Å²) < 4.78 is 0. The minimum absolute atomic E-state index is 0.0417. The molecular weight excluding hydrogens is 260 g/mol. The lowest BCUT2D eigenvalue weighted by Gasteiger charge is -2.65. The number of rotatable bonds is 1. The van der Waals surface area contributed by atoms with Crippen molar-refractivity contribution in [2.75, 3.05) is 13.1 Å². The summed E-state index contributed by atoms with van der Waals surface area (Å²) in [5, 5.41) is 0. The van der Waals surface area contributed by atoms with E-state index >= 15 is 0 Å². The molecule has 0 spiro atoms. The van der Waals surface area contributed by atoms with E-state index in [0.717, 1.165) is 51.1 Å². The predicted octanol–water partition coefficient (Wildman–Crippen LogP) is 2.93. The Hall–Kier alpha value is -0.570. The lowest BCUT2D eigenvalue weighted by molar-refractivity contribution is -0.180. The molecule has 5 aliphatic rings. The van der Waals surface area contributed by atoms with E-state index in [9.17, 15) is 4.79 Å². The Labute approximate surface area is 128 Å². The average molecular weight is 290 g/mol. The first kappa shape index (κ1) is 14.0. The van der Waals surface area contributed by atoms with Gasteiger partial charge in [-0.25, -0.2) is 0 Å². The molecule has 0 radical (unpaired) electrons. The van der Waals surface area contributed by atoms with Crippen LogP contribution in [0.1, 0.15) is 65.2 Å². The molecule has 3 atom stereocenters. The van der Waals surface area contributed by atoms with Crippen LogP contribution >= 0.6 is 0 Å². The van der Waals surface area contributed by atoms with Gasteiger partial charge in [0.1, 0.15) is 0 Å². The van der Waals surface area contributed by atoms with Crippen molar-refractivity contribution < 1.29 is 4.79 Å². The first-order valence-electron chi connectivity index (χ1n) is 8.87. The quantitative estimate of drug-likeness (QED) is 0.807. The second kappa shape index (κ2) is 4.24. The molecule has 3 nitrogen and oxygen atoms in total. The summed E-state index contributed by atoms with van der Waals surface area (Å²) in [7, 11) is 0. The molecular formula is C18H30N2O. The minimum Gasteiger partial charge on any atom is -0.341 e. The molecule has 5 rings (SSSR count). The third-order valence-electron chi connectivity index (χ3n) is 6.82. The Bertz CT molecular complexity index is 456. The van der Waals surface area contributed by atoms with Crippen LogP contribution in [-0.4, -0.2) is 29.9 Å². The fourth-order valence-electron chi connectivity index (χ4n) is 7.22. The summed E-state index contributed by atoms with van der Waals surface area (Å²) in [6.07, 6.45) is 9.64. The van der Waals surface area contributed by atoms with Gasteiger partial charge in [-0.05, 0) is 68.1 Å². The van der Waals surface area contributed by atoms with Crippen molar-refractivity contribution in [1.29, 1.82) is 0 Å². The van der Waals surface area contributed by atoms with E-state index in [4.69, 9.17) is 5.73 Å². The zero-order valence-electron chi connectivity index (χ0n) is 13.7. The van der Waals surface area contributed by atoms with Crippen LogP contribution in [0.15, 0.2) is 0 Å². The van der Waals surface area contributed by atoms with Crippen LogP contribution in [0, 0.1) is 22.2 Å². The van der Waals surface area contributed by atoms with Gasteiger partial charge in [0.25, 0.3) is 0 Å². The first-order chi connectivity index (χ1) is 9.82. The molecule has 0 aromatic carbocycles. The number of hydrogen-bond acceptors (Lipinski definition) is 2. The first-order valence-corrected chi connectivity index (χ1v) is 8.87. The molecule has 0 aromatic rings. The highest BCUT2D eigenvalue weighted by Crippen LogP contribution is 2.69. The van der Waals surface area contributed by atoms with Gasteiger partial charge in [-0.15, -0.1) is 0 Å². The maximum atomic E-state index is 13.4. The molecule has 2 N–H and O–H groups in total. The molecule has 1 heterocycles. The third kappa shape index (κ3) is 2.15. The van der Waals surface area contributed by atoms with E-state index in [1.54, 1.807) is 0 Å². The molecule has 4 aliphatic carbocycles. The summed E-state index contributed by atoms with van der Waals surface area (Å²) in [6, 6.07) is 0.197. The topological polar surface area (TPSA) is 46.3 Å². The largest absolute Gasteiger partial charge is 0.341 e. The highest BCUT2D eigenvalue weighted by Gasteiger charge is 2.63. The number of piperidine rings is 1. The third-order valence-corrected chi connectivity index (χ3v) is 6.82. The molecule has 4 saturated carbocycles. The molecule has 0 aromatic heterocycles. The van der Waals surface area contributed by atoms with Crippen molar-refractivity contribution in [2.45, 2.75) is 71.3 Å². The molecule has 2 unspecified atom stereocenters. The zero-order valence-corrected chi connectivity index (χ0v) is 13.7. The molecule has 1 amide bonds. The Morgan fingerprint density at radius 3 is 2.33 bits per heavy atom. The number of carbonyl (C=O) groups is 1. The Morgan fingerprint density at radius 1 is 1.10 bits per heavy atom. The van der Waals surface area contributed by atoms with E-state index < -0.39 is 0 Å². The van der Waals surface area contributed by atoms with Crippen LogP contribution in [0.3, 0.4) is 0 Å². The lowest BCUT2D eigenvalue weighted by atomic mass is 9.40. The Kier molecular flexibility index (Phi) is 2.84. The van der Waals surface area contributed by atoms with Gasteiger partial charge in [-0.2, -0.15) is 0 Å². The number of hydrogen-bond donors (Lipinski definition) is 1. The van der Waals surface area contributed by atoms with Crippen LogP contribution in [0.4, 0.5) is 0 Å². The molecule has 3 heteroatoms. The Morgan fingerprint density at radius 2 is 1.76 bits per heavy atom. The Balaban J connectivity index is 1.63. The summed E-state index contributed by atoms with van der Waals surface area (Å²) in [4.78, 5) is 15.5. The minimum atomic E-state index is -0.0417.